The summed E-state index contributed by atoms with van der Waals surface area (Å²) in [6.07, 6.45) is 3.95. The van der Waals surface area contributed by atoms with Gasteiger partial charge < -0.3 is 14.8 Å². The van der Waals surface area contributed by atoms with E-state index in [0.29, 0.717) is 11.3 Å². The van der Waals surface area contributed by atoms with Gasteiger partial charge in [-0.2, -0.15) is 0 Å². The van der Waals surface area contributed by atoms with Crippen LogP contribution in [-0.4, -0.2) is 29.8 Å². The number of carbonyl (C=O) groups is 2. The van der Waals surface area contributed by atoms with Crippen molar-refractivity contribution < 1.29 is 19.1 Å². The van der Waals surface area contributed by atoms with Crippen LogP contribution in [0.5, 0.6) is 0 Å². The Hall–Kier alpha value is -2.04. The van der Waals surface area contributed by atoms with Crippen LogP contribution in [-0.2, 0) is 9.47 Å². The molecule has 1 heterocycles. The van der Waals surface area contributed by atoms with Crippen LogP contribution >= 0.6 is 0 Å². The molecule has 3 fully saturated rings. The highest BCUT2D eigenvalue weighted by Gasteiger charge is 2.79. The van der Waals surface area contributed by atoms with Crippen LogP contribution in [0, 0.1) is 10.8 Å². The Morgan fingerprint density at radius 1 is 1.23 bits per heavy atom. The third-order valence-corrected chi connectivity index (χ3v) is 6.62. The van der Waals surface area contributed by atoms with Gasteiger partial charge in [-0.05, 0) is 63.5 Å². The molecule has 1 aromatic carbocycles. The molecule has 2 unspecified atom stereocenters. The molecule has 2 atom stereocenters. The highest BCUT2D eigenvalue weighted by molar-refractivity contribution is 5.93. The SMILES string of the molecule is CC(C)(C)OC(=O)NC1CC2(C1)CC1(C2)C2OC(=O)c3ccccc3C21. The number of nitrogens with one attached hydrogen (secondary N) is 1. The highest BCUT2D eigenvalue weighted by atomic mass is 16.6. The zero-order chi connectivity index (χ0) is 18.3. The summed E-state index contributed by atoms with van der Waals surface area (Å²) < 4.78 is 11.1. The number of hydrogen-bond acceptors (Lipinski definition) is 4. The monoisotopic (exact) mass is 355 g/mol. The Labute approximate surface area is 153 Å². The lowest BCUT2D eigenvalue weighted by atomic mass is 9.47. The van der Waals surface area contributed by atoms with E-state index in [-0.39, 0.29) is 29.6 Å². The highest BCUT2D eigenvalue weighted by Crippen LogP contribution is 2.81. The van der Waals surface area contributed by atoms with Crippen LogP contribution in [0.25, 0.3) is 0 Å². The van der Waals surface area contributed by atoms with Crippen molar-refractivity contribution >= 4 is 12.1 Å². The molecule has 1 N–H and O–H groups in total. The van der Waals surface area contributed by atoms with Gasteiger partial charge in [0, 0.05) is 17.4 Å². The minimum Gasteiger partial charge on any atom is -0.457 e. The molecule has 2 spiro atoms. The van der Waals surface area contributed by atoms with Crippen LogP contribution in [0.15, 0.2) is 24.3 Å². The van der Waals surface area contributed by atoms with Gasteiger partial charge in [0.2, 0.25) is 0 Å². The summed E-state index contributed by atoms with van der Waals surface area (Å²) in [6.45, 7) is 5.62. The zero-order valence-electron chi connectivity index (χ0n) is 15.5. The molecule has 1 aromatic rings. The van der Waals surface area contributed by atoms with Gasteiger partial charge in [-0.15, -0.1) is 0 Å². The van der Waals surface area contributed by atoms with Crippen molar-refractivity contribution in [3.8, 4) is 0 Å². The summed E-state index contributed by atoms with van der Waals surface area (Å²) in [6, 6.07) is 8.08. The Bertz CT molecular complexity index is 794. The number of esters is 1. The van der Waals surface area contributed by atoms with Gasteiger partial charge in [-0.25, -0.2) is 9.59 Å². The number of fused-ring (bicyclic) bond motifs is 5. The first-order valence-electron chi connectivity index (χ1n) is 9.51. The van der Waals surface area contributed by atoms with E-state index in [2.05, 4.69) is 11.4 Å². The number of hydrogen-bond donors (Lipinski definition) is 1. The predicted molar refractivity (Wildman–Crippen MR) is 94.9 cm³/mol. The average molecular weight is 355 g/mol. The lowest BCUT2D eigenvalue weighted by molar-refractivity contribution is -0.0819. The minimum absolute atomic E-state index is 0.0633. The van der Waals surface area contributed by atoms with Crippen LogP contribution in [0.4, 0.5) is 4.79 Å². The van der Waals surface area contributed by atoms with Crippen molar-refractivity contribution in [1.29, 1.82) is 0 Å². The molecule has 5 heteroatoms. The van der Waals surface area contributed by atoms with E-state index in [0.717, 1.165) is 31.2 Å². The lowest BCUT2D eigenvalue weighted by Crippen LogP contribution is -2.58. The van der Waals surface area contributed by atoms with Gasteiger partial charge in [-0.1, -0.05) is 18.2 Å². The van der Waals surface area contributed by atoms with Gasteiger partial charge in [0.1, 0.15) is 11.7 Å². The zero-order valence-corrected chi connectivity index (χ0v) is 15.5. The van der Waals surface area contributed by atoms with Crippen molar-refractivity contribution in [3.05, 3.63) is 35.4 Å². The first kappa shape index (κ1) is 16.2. The molecule has 1 aliphatic heterocycles. The molecule has 5 nitrogen and oxygen atoms in total. The van der Waals surface area contributed by atoms with Crippen molar-refractivity contribution in [2.75, 3.05) is 0 Å². The molecule has 26 heavy (non-hydrogen) atoms. The first-order chi connectivity index (χ1) is 12.2. The summed E-state index contributed by atoms with van der Waals surface area (Å²) in [5, 5.41) is 2.98. The third kappa shape index (κ3) is 2.22. The predicted octanol–water partition coefficient (Wildman–Crippen LogP) is 3.78. The van der Waals surface area contributed by atoms with Crippen molar-refractivity contribution in [2.24, 2.45) is 10.8 Å². The van der Waals surface area contributed by atoms with Gasteiger partial charge >= 0.3 is 12.1 Å². The van der Waals surface area contributed by atoms with Crippen molar-refractivity contribution in [2.45, 2.75) is 70.1 Å². The first-order valence-corrected chi connectivity index (χ1v) is 9.51. The third-order valence-electron chi connectivity index (χ3n) is 6.62. The number of amides is 1. The maximum Gasteiger partial charge on any atom is 0.407 e. The number of carbonyl (C=O) groups excluding carboxylic acids is 2. The fourth-order valence-electron chi connectivity index (χ4n) is 5.86. The number of alkyl carbamates (subject to hydrolysis) is 1. The summed E-state index contributed by atoms with van der Waals surface area (Å²) >= 11 is 0. The summed E-state index contributed by atoms with van der Waals surface area (Å²) in [4.78, 5) is 24.1. The minimum atomic E-state index is -0.465. The average Bonchev–Trinajstić information content (AvgIpc) is 3.11. The quantitative estimate of drug-likeness (QED) is 0.779. The van der Waals surface area contributed by atoms with Crippen molar-refractivity contribution in [1.82, 2.24) is 5.32 Å². The second kappa shape index (κ2) is 4.81. The standard InChI is InChI=1S/C21H25NO4/c1-19(2,3)26-18(24)22-12-8-20(9-12)10-21(11-20)15-13-6-4-5-7-14(13)17(23)25-16(15)21/h4-7,12,15-16H,8-11H2,1-3H3,(H,22,24). The maximum absolute atomic E-state index is 12.2. The molecule has 138 valence electrons. The molecule has 0 radical (unpaired) electrons. The summed E-state index contributed by atoms with van der Waals surface area (Å²) in [7, 11) is 0. The maximum atomic E-state index is 12.2. The molecule has 4 aliphatic rings. The molecule has 0 saturated heterocycles. The number of benzene rings is 1. The smallest absolute Gasteiger partial charge is 0.407 e. The van der Waals surface area contributed by atoms with E-state index in [1.807, 2.05) is 39.0 Å². The summed E-state index contributed by atoms with van der Waals surface area (Å²) in [5.41, 5.74) is 1.92. The van der Waals surface area contributed by atoms with E-state index in [1.54, 1.807) is 0 Å². The molecule has 0 aromatic heterocycles. The van der Waals surface area contributed by atoms with Crippen LogP contribution in [0.3, 0.4) is 0 Å². The molecule has 5 rings (SSSR count). The van der Waals surface area contributed by atoms with E-state index in [1.165, 1.54) is 5.56 Å². The van der Waals surface area contributed by atoms with Gasteiger partial charge in [0.25, 0.3) is 0 Å². The van der Waals surface area contributed by atoms with E-state index >= 15 is 0 Å². The largest absolute Gasteiger partial charge is 0.457 e. The number of ether oxygens (including phenoxy) is 2. The summed E-state index contributed by atoms with van der Waals surface area (Å²) in [5.74, 6) is 0.206. The molecular formula is C21H25NO4. The fourth-order valence-corrected chi connectivity index (χ4v) is 5.86. The topological polar surface area (TPSA) is 64.6 Å². The van der Waals surface area contributed by atoms with Crippen LogP contribution < -0.4 is 5.32 Å². The van der Waals surface area contributed by atoms with E-state index in [9.17, 15) is 9.59 Å². The fraction of sp³-hybridized carbons (Fsp3) is 0.619. The Balaban J connectivity index is 1.20. The van der Waals surface area contributed by atoms with Crippen LogP contribution in [0.2, 0.25) is 0 Å². The Morgan fingerprint density at radius 3 is 2.62 bits per heavy atom. The molecule has 3 saturated carbocycles. The molecule has 0 bridgehead atoms. The van der Waals surface area contributed by atoms with Gasteiger partial charge in [-0.3, -0.25) is 0 Å². The molecular weight excluding hydrogens is 330 g/mol. The van der Waals surface area contributed by atoms with E-state index in [4.69, 9.17) is 9.47 Å². The number of rotatable bonds is 1. The van der Waals surface area contributed by atoms with Gasteiger partial charge in [0.15, 0.2) is 0 Å². The second-order valence-electron chi connectivity index (χ2n) is 9.73. The molecule has 3 aliphatic carbocycles. The Morgan fingerprint density at radius 2 is 1.92 bits per heavy atom. The Kier molecular flexibility index (Phi) is 2.99. The molecule has 1 amide bonds. The lowest BCUT2D eigenvalue weighted by Gasteiger charge is -2.58. The van der Waals surface area contributed by atoms with Crippen molar-refractivity contribution in [3.63, 3.8) is 0 Å². The second-order valence-corrected chi connectivity index (χ2v) is 9.73. The van der Waals surface area contributed by atoms with E-state index < -0.39 is 5.60 Å². The van der Waals surface area contributed by atoms with Crippen LogP contribution in [0.1, 0.15) is 68.3 Å². The normalized spacial score (nSPS) is 39.2. The van der Waals surface area contributed by atoms with Gasteiger partial charge in [0.05, 0.1) is 5.56 Å².